The third-order valence-corrected chi connectivity index (χ3v) is 13.1. The number of nitrogens with zero attached hydrogens (tertiary/aromatic N) is 2. The van der Waals surface area contributed by atoms with E-state index >= 15 is 0 Å². The highest BCUT2D eigenvalue weighted by molar-refractivity contribution is 6.16. The van der Waals surface area contributed by atoms with Gasteiger partial charge in [0.25, 0.3) is 0 Å². The number of hydrogen-bond donors (Lipinski definition) is 0. The lowest BCUT2D eigenvalue weighted by molar-refractivity contribution is 0.447. The van der Waals surface area contributed by atoms with Gasteiger partial charge >= 0.3 is 0 Å². The topological polar surface area (TPSA) is 9.86 Å². The van der Waals surface area contributed by atoms with Crippen molar-refractivity contribution in [2.75, 3.05) is 0 Å². The number of aromatic nitrogens is 2. The normalized spacial score (nSPS) is 13.8. The van der Waals surface area contributed by atoms with Crippen LogP contribution in [0.25, 0.3) is 98.8 Å². The molecule has 1 saturated carbocycles. The first-order valence-electron chi connectivity index (χ1n) is 21.0. The summed E-state index contributed by atoms with van der Waals surface area (Å²) in [7, 11) is 0. The van der Waals surface area contributed by atoms with E-state index < -0.39 is 0 Å². The number of para-hydroxylation sites is 3. The Labute approximate surface area is 338 Å². The Hall–Kier alpha value is -6.90. The van der Waals surface area contributed by atoms with Crippen LogP contribution < -0.4 is 0 Å². The van der Waals surface area contributed by atoms with Crippen LogP contribution in [0.15, 0.2) is 188 Å². The Balaban J connectivity index is 1.01. The molecule has 9 aromatic carbocycles. The second-order valence-electron chi connectivity index (χ2n) is 16.3. The fraction of sp³-hybridized carbons (Fsp3) is 0.107. The zero-order valence-corrected chi connectivity index (χ0v) is 32.4. The third kappa shape index (κ3) is 5.11. The van der Waals surface area contributed by atoms with Gasteiger partial charge in [-0.25, -0.2) is 0 Å². The number of hydrogen-bond acceptors (Lipinski definition) is 0. The van der Waals surface area contributed by atoms with Crippen molar-refractivity contribution in [3.05, 3.63) is 194 Å². The minimum atomic E-state index is 0.622. The summed E-state index contributed by atoms with van der Waals surface area (Å²) in [5.41, 5.74) is 13.8. The summed E-state index contributed by atoms with van der Waals surface area (Å²) in [6.07, 6.45) is 6.60. The Morgan fingerprint density at radius 2 is 0.776 bits per heavy atom. The van der Waals surface area contributed by atoms with Gasteiger partial charge in [-0.1, -0.05) is 153 Å². The molecule has 12 rings (SSSR count). The van der Waals surface area contributed by atoms with Crippen molar-refractivity contribution in [1.82, 2.24) is 9.13 Å². The highest BCUT2D eigenvalue weighted by Crippen LogP contribution is 2.46. The highest BCUT2D eigenvalue weighted by Gasteiger charge is 2.23. The summed E-state index contributed by atoms with van der Waals surface area (Å²) in [5, 5.41) is 10.6. The van der Waals surface area contributed by atoms with Crippen molar-refractivity contribution in [3.8, 4) is 33.6 Å². The van der Waals surface area contributed by atoms with Crippen LogP contribution in [0.2, 0.25) is 0 Å². The van der Waals surface area contributed by atoms with Gasteiger partial charge in [0.05, 0.1) is 22.1 Å². The molecule has 0 aliphatic heterocycles. The third-order valence-electron chi connectivity index (χ3n) is 13.1. The molecule has 0 saturated heterocycles. The van der Waals surface area contributed by atoms with E-state index in [4.69, 9.17) is 0 Å². The number of benzene rings is 9. The second-order valence-corrected chi connectivity index (χ2v) is 16.3. The van der Waals surface area contributed by atoms with Crippen molar-refractivity contribution in [2.45, 2.75) is 38.0 Å². The molecule has 2 heterocycles. The summed E-state index contributed by atoms with van der Waals surface area (Å²) in [4.78, 5) is 0. The molecule has 2 nitrogen and oxygen atoms in total. The Kier molecular flexibility index (Phi) is 7.66. The van der Waals surface area contributed by atoms with E-state index in [1.54, 1.807) is 5.56 Å². The minimum absolute atomic E-state index is 0.622. The van der Waals surface area contributed by atoms with Crippen molar-refractivity contribution in [3.63, 3.8) is 0 Å². The van der Waals surface area contributed by atoms with Crippen molar-refractivity contribution >= 4 is 65.2 Å². The molecule has 0 N–H and O–H groups in total. The van der Waals surface area contributed by atoms with E-state index in [1.807, 2.05) is 0 Å². The molecule has 2 heteroatoms. The molecule has 1 fully saturated rings. The van der Waals surface area contributed by atoms with Crippen LogP contribution in [0.1, 0.15) is 43.6 Å². The summed E-state index contributed by atoms with van der Waals surface area (Å²) in [6.45, 7) is 0. The zero-order valence-electron chi connectivity index (χ0n) is 32.4. The second kappa shape index (κ2) is 13.4. The van der Waals surface area contributed by atoms with Gasteiger partial charge in [0.1, 0.15) is 0 Å². The maximum atomic E-state index is 2.46. The van der Waals surface area contributed by atoms with E-state index in [1.165, 1.54) is 131 Å². The quantitative estimate of drug-likeness (QED) is 0.155. The minimum Gasteiger partial charge on any atom is -0.309 e. The maximum absolute atomic E-state index is 2.46. The molecule has 0 radical (unpaired) electrons. The van der Waals surface area contributed by atoms with Gasteiger partial charge in [0, 0.05) is 32.9 Å². The van der Waals surface area contributed by atoms with Gasteiger partial charge in [-0.2, -0.15) is 0 Å². The molecular weight excluding hydrogens is 701 g/mol. The van der Waals surface area contributed by atoms with Gasteiger partial charge < -0.3 is 9.13 Å². The lowest BCUT2D eigenvalue weighted by atomic mass is 9.78. The van der Waals surface area contributed by atoms with Gasteiger partial charge in [0.15, 0.2) is 0 Å². The maximum Gasteiger partial charge on any atom is 0.0547 e. The van der Waals surface area contributed by atoms with E-state index in [9.17, 15) is 0 Å². The molecule has 11 aromatic rings. The van der Waals surface area contributed by atoms with Crippen LogP contribution in [0.3, 0.4) is 0 Å². The van der Waals surface area contributed by atoms with Crippen LogP contribution in [-0.4, -0.2) is 9.13 Å². The smallest absolute Gasteiger partial charge is 0.0547 e. The molecule has 1 aliphatic rings. The summed E-state index contributed by atoms with van der Waals surface area (Å²) >= 11 is 0. The predicted molar refractivity (Wildman–Crippen MR) is 247 cm³/mol. The van der Waals surface area contributed by atoms with E-state index in [0.717, 1.165) is 0 Å². The standard InChI is InChI=1S/C56H42N2/c1-3-15-37(16-4-1)55-46-21-7-9-23-48(46)56(49-24-10-8-22-47(49)55)38-27-31-42(32-28-38)58-51-25-13-11-19-43(51)45-33-29-40(36-54(45)58)39-30-34-53-50(35-39)44-20-12-14-26-52(44)57(53)41-17-5-2-6-18-41/h2,5-14,17-37H,1,3-4,15-16H2. The molecular formula is C56H42N2. The van der Waals surface area contributed by atoms with Gasteiger partial charge in [-0.3, -0.25) is 0 Å². The van der Waals surface area contributed by atoms with Crippen LogP contribution >= 0.6 is 0 Å². The molecule has 0 spiro atoms. The molecule has 2 aromatic heterocycles. The van der Waals surface area contributed by atoms with Gasteiger partial charge in [-0.15, -0.1) is 0 Å². The van der Waals surface area contributed by atoms with E-state index in [-0.39, 0.29) is 0 Å². The summed E-state index contributed by atoms with van der Waals surface area (Å²) in [5.74, 6) is 0.622. The SMILES string of the molecule is c1ccc(-n2c3ccccc3c3cc(-c4ccc5c6ccccc6n(-c6ccc(-c7c8ccccc8c(C8CCCCC8)c8ccccc78)cc6)c5c4)ccc32)cc1. The summed E-state index contributed by atoms with van der Waals surface area (Å²) in [6, 6.07) is 70.0. The number of rotatable bonds is 5. The fourth-order valence-electron chi connectivity index (χ4n) is 10.5. The first-order valence-corrected chi connectivity index (χ1v) is 21.0. The van der Waals surface area contributed by atoms with Gasteiger partial charge in [0.2, 0.25) is 0 Å². The molecule has 1 aliphatic carbocycles. The Morgan fingerprint density at radius 3 is 1.45 bits per heavy atom. The highest BCUT2D eigenvalue weighted by atomic mass is 15.0. The lowest BCUT2D eigenvalue weighted by Crippen LogP contribution is -2.06. The zero-order chi connectivity index (χ0) is 38.2. The Morgan fingerprint density at radius 1 is 0.310 bits per heavy atom. The van der Waals surface area contributed by atoms with Crippen LogP contribution in [0.5, 0.6) is 0 Å². The van der Waals surface area contributed by atoms with Crippen LogP contribution in [0, 0.1) is 0 Å². The van der Waals surface area contributed by atoms with Gasteiger partial charge in [-0.05, 0) is 123 Å². The number of fused-ring (bicyclic) bond motifs is 8. The van der Waals surface area contributed by atoms with Crippen molar-refractivity contribution < 1.29 is 0 Å². The largest absolute Gasteiger partial charge is 0.309 e. The molecule has 58 heavy (non-hydrogen) atoms. The average molecular weight is 743 g/mol. The molecule has 0 atom stereocenters. The average Bonchev–Trinajstić information content (AvgIpc) is 3.81. The van der Waals surface area contributed by atoms with E-state index in [2.05, 4.69) is 197 Å². The Bertz CT molecular complexity index is 3300. The first kappa shape index (κ1) is 33.3. The molecule has 0 bridgehead atoms. The van der Waals surface area contributed by atoms with Crippen molar-refractivity contribution in [1.29, 1.82) is 0 Å². The molecule has 276 valence electrons. The first-order chi connectivity index (χ1) is 28.8. The lowest BCUT2D eigenvalue weighted by Gasteiger charge is -2.26. The van der Waals surface area contributed by atoms with Crippen molar-refractivity contribution in [2.24, 2.45) is 0 Å². The fourth-order valence-corrected chi connectivity index (χ4v) is 10.5. The van der Waals surface area contributed by atoms with Crippen LogP contribution in [-0.2, 0) is 0 Å². The molecule has 0 unspecified atom stereocenters. The predicted octanol–water partition coefficient (Wildman–Crippen LogP) is 15.6. The molecule has 0 amide bonds. The van der Waals surface area contributed by atoms with Crippen LogP contribution in [0.4, 0.5) is 0 Å². The monoisotopic (exact) mass is 742 g/mol. The van der Waals surface area contributed by atoms with E-state index in [0.29, 0.717) is 5.92 Å². The summed E-state index contributed by atoms with van der Waals surface area (Å²) < 4.78 is 4.84.